The van der Waals surface area contributed by atoms with Gasteiger partial charge in [-0.1, -0.05) is 78.1 Å². The summed E-state index contributed by atoms with van der Waals surface area (Å²) in [6, 6.07) is 0. The normalized spacial score (nSPS) is 13.7. The van der Waals surface area contributed by atoms with Gasteiger partial charge >= 0.3 is 0 Å². The van der Waals surface area contributed by atoms with Gasteiger partial charge in [0.1, 0.15) is 0 Å². The smallest absolute Gasteiger partial charge is 0.0650 e. The second kappa shape index (κ2) is 12.7. The summed E-state index contributed by atoms with van der Waals surface area (Å²) in [7, 11) is 1.88. The second-order valence-corrected chi connectivity index (χ2v) is 6.91. The van der Waals surface area contributed by atoms with E-state index in [1.54, 1.807) is 0 Å². The molecule has 0 spiro atoms. The van der Waals surface area contributed by atoms with Crippen molar-refractivity contribution in [1.82, 2.24) is 0 Å². The summed E-state index contributed by atoms with van der Waals surface area (Å²) in [4.78, 5) is 0. The van der Waals surface area contributed by atoms with Crippen molar-refractivity contribution >= 4 is 0 Å². The van der Waals surface area contributed by atoms with E-state index in [0.717, 1.165) is 5.92 Å². The lowest BCUT2D eigenvalue weighted by Gasteiger charge is -2.33. The highest BCUT2D eigenvalue weighted by Gasteiger charge is 2.28. The van der Waals surface area contributed by atoms with Crippen LogP contribution in [0, 0.1) is 5.92 Å². The minimum Gasteiger partial charge on any atom is -0.379 e. The third-order valence-electron chi connectivity index (χ3n) is 4.82. The molecule has 0 saturated carbocycles. The maximum Gasteiger partial charge on any atom is 0.0650 e. The minimum absolute atomic E-state index is 0.0512. The van der Waals surface area contributed by atoms with Gasteiger partial charge in [-0.3, -0.25) is 0 Å². The Kier molecular flexibility index (Phi) is 12.7. The first-order chi connectivity index (χ1) is 9.58. The number of hydrogen-bond donors (Lipinski definition) is 0. The maximum absolute atomic E-state index is 5.75. The van der Waals surface area contributed by atoms with Gasteiger partial charge in [0.05, 0.1) is 5.60 Å². The molecule has 0 radical (unpaired) electrons. The first-order valence-electron chi connectivity index (χ1n) is 9.13. The molecule has 0 bridgehead atoms. The molecule has 1 nitrogen and oxygen atoms in total. The van der Waals surface area contributed by atoms with Crippen LogP contribution in [0.3, 0.4) is 0 Å². The lowest BCUT2D eigenvalue weighted by atomic mass is 9.82. The highest BCUT2D eigenvalue weighted by atomic mass is 16.5. The van der Waals surface area contributed by atoms with E-state index >= 15 is 0 Å². The molecule has 1 atom stereocenters. The molecule has 0 fully saturated rings. The van der Waals surface area contributed by atoms with E-state index in [1.165, 1.54) is 77.0 Å². The molecule has 0 aromatic rings. The van der Waals surface area contributed by atoms with Crippen molar-refractivity contribution in [3.8, 4) is 0 Å². The largest absolute Gasteiger partial charge is 0.379 e. The monoisotopic (exact) mass is 284 g/mol. The van der Waals surface area contributed by atoms with Gasteiger partial charge in [0.25, 0.3) is 0 Å². The number of unbranched alkanes of at least 4 members (excludes halogenated alkanes) is 8. The number of rotatable bonds is 14. The van der Waals surface area contributed by atoms with Crippen LogP contribution >= 0.6 is 0 Å². The van der Waals surface area contributed by atoms with Crippen molar-refractivity contribution in [3.63, 3.8) is 0 Å². The Morgan fingerprint density at radius 1 is 0.700 bits per heavy atom. The zero-order chi connectivity index (χ0) is 15.3. The first kappa shape index (κ1) is 20.0. The van der Waals surface area contributed by atoms with E-state index in [1.807, 2.05) is 7.11 Å². The Labute approximate surface area is 128 Å². The number of methoxy groups -OCH3 is 1. The lowest BCUT2D eigenvalue weighted by molar-refractivity contribution is -0.0352. The molecule has 0 N–H and O–H groups in total. The molecule has 1 unspecified atom stereocenters. The van der Waals surface area contributed by atoms with E-state index in [9.17, 15) is 0 Å². The Morgan fingerprint density at radius 3 is 1.55 bits per heavy atom. The molecule has 0 saturated heterocycles. The molecular formula is C19H40O. The molecule has 0 aliphatic rings. The van der Waals surface area contributed by atoms with Crippen molar-refractivity contribution in [3.05, 3.63) is 0 Å². The topological polar surface area (TPSA) is 9.23 Å². The van der Waals surface area contributed by atoms with Crippen molar-refractivity contribution in [2.24, 2.45) is 5.92 Å². The molecule has 0 aliphatic carbocycles. The summed E-state index contributed by atoms with van der Waals surface area (Å²) in [6.07, 6.45) is 16.6. The van der Waals surface area contributed by atoms with Crippen LogP contribution in [0.1, 0.15) is 105 Å². The molecule has 0 aromatic heterocycles. The van der Waals surface area contributed by atoms with E-state index in [0.29, 0.717) is 0 Å². The summed E-state index contributed by atoms with van der Waals surface area (Å²) in [6.45, 7) is 9.11. The Balaban J connectivity index is 3.93. The van der Waals surface area contributed by atoms with Crippen LogP contribution in [0.5, 0.6) is 0 Å². The van der Waals surface area contributed by atoms with E-state index in [-0.39, 0.29) is 5.60 Å². The summed E-state index contributed by atoms with van der Waals surface area (Å²) >= 11 is 0. The van der Waals surface area contributed by atoms with Crippen LogP contribution < -0.4 is 0 Å². The van der Waals surface area contributed by atoms with Crippen molar-refractivity contribution in [2.75, 3.05) is 7.11 Å². The highest BCUT2D eigenvalue weighted by Crippen LogP contribution is 2.31. The molecule has 0 heterocycles. The standard InChI is InChI=1S/C19H40O/c1-6-8-10-12-13-15-17-18(19(3,4)20-5)16-14-11-9-7-2/h18H,6-17H2,1-5H3. The minimum atomic E-state index is 0.0512. The van der Waals surface area contributed by atoms with Crippen LogP contribution in [0.15, 0.2) is 0 Å². The molecule has 0 aromatic carbocycles. The summed E-state index contributed by atoms with van der Waals surface area (Å²) in [5, 5.41) is 0. The zero-order valence-corrected chi connectivity index (χ0v) is 15.0. The van der Waals surface area contributed by atoms with Crippen molar-refractivity contribution in [2.45, 2.75) is 110 Å². The first-order valence-corrected chi connectivity index (χ1v) is 9.13. The summed E-state index contributed by atoms with van der Waals surface area (Å²) < 4.78 is 5.75. The van der Waals surface area contributed by atoms with Crippen LogP contribution in [0.25, 0.3) is 0 Å². The Hall–Kier alpha value is -0.0400. The van der Waals surface area contributed by atoms with Gasteiger partial charge in [0.15, 0.2) is 0 Å². The molecule has 20 heavy (non-hydrogen) atoms. The van der Waals surface area contributed by atoms with Crippen molar-refractivity contribution in [1.29, 1.82) is 0 Å². The van der Waals surface area contributed by atoms with Gasteiger partial charge < -0.3 is 4.74 Å². The van der Waals surface area contributed by atoms with Crippen molar-refractivity contribution < 1.29 is 4.74 Å². The maximum atomic E-state index is 5.75. The van der Waals surface area contributed by atoms with Gasteiger partial charge in [0, 0.05) is 7.11 Å². The third-order valence-corrected chi connectivity index (χ3v) is 4.82. The lowest BCUT2D eigenvalue weighted by Crippen LogP contribution is -2.33. The molecular weight excluding hydrogens is 244 g/mol. The highest BCUT2D eigenvalue weighted by molar-refractivity contribution is 4.79. The number of hydrogen-bond acceptors (Lipinski definition) is 1. The average molecular weight is 285 g/mol. The third kappa shape index (κ3) is 9.80. The van der Waals surface area contributed by atoms with Crippen LogP contribution in [0.2, 0.25) is 0 Å². The molecule has 0 rings (SSSR count). The Bertz CT molecular complexity index is 198. The predicted molar refractivity (Wildman–Crippen MR) is 91.3 cm³/mol. The van der Waals surface area contributed by atoms with Gasteiger partial charge in [-0.2, -0.15) is 0 Å². The predicted octanol–water partition coefficient (Wildman–Crippen LogP) is 6.75. The zero-order valence-electron chi connectivity index (χ0n) is 15.0. The number of ether oxygens (including phenoxy) is 1. The molecule has 0 aliphatic heterocycles. The summed E-state index contributed by atoms with van der Waals surface area (Å²) in [5.74, 6) is 0.732. The van der Waals surface area contributed by atoms with E-state index in [2.05, 4.69) is 27.7 Å². The van der Waals surface area contributed by atoms with Crippen LogP contribution in [-0.2, 0) is 4.74 Å². The fourth-order valence-corrected chi connectivity index (χ4v) is 2.99. The summed E-state index contributed by atoms with van der Waals surface area (Å²) in [5.41, 5.74) is 0.0512. The van der Waals surface area contributed by atoms with Crippen LogP contribution in [0.4, 0.5) is 0 Å². The van der Waals surface area contributed by atoms with Gasteiger partial charge in [-0.15, -0.1) is 0 Å². The fraction of sp³-hybridized carbons (Fsp3) is 1.00. The van der Waals surface area contributed by atoms with Crippen LogP contribution in [-0.4, -0.2) is 12.7 Å². The van der Waals surface area contributed by atoms with E-state index < -0.39 is 0 Å². The second-order valence-electron chi connectivity index (χ2n) is 6.91. The van der Waals surface area contributed by atoms with Gasteiger partial charge in [-0.25, -0.2) is 0 Å². The molecule has 1 heteroatoms. The fourth-order valence-electron chi connectivity index (χ4n) is 2.99. The van der Waals surface area contributed by atoms with Gasteiger partial charge in [0.2, 0.25) is 0 Å². The molecule has 122 valence electrons. The van der Waals surface area contributed by atoms with E-state index in [4.69, 9.17) is 4.74 Å². The Morgan fingerprint density at radius 2 is 1.10 bits per heavy atom. The SMILES string of the molecule is CCCCCCCCC(CCCCCC)C(C)(C)OC. The quantitative estimate of drug-likeness (QED) is 0.321. The molecule has 0 amide bonds. The average Bonchev–Trinajstić information content (AvgIpc) is 2.44. The van der Waals surface area contributed by atoms with Gasteiger partial charge in [-0.05, 0) is 32.6 Å².